The summed E-state index contributed by atoms with van der Waals surface area (Å²) in [7, 11) is 0. The fraction of sp³-hybridized carbons (Fsp3) is 0.286. The lowest BCUT2D eigenvalue weighted by Crippen LogP contribution is -2.43. The summed E-state index contributed by atoms with van der Waals surface area (Å²) in [5.74, 6) is 0.725. The van der Waals surface area contributed by atoms with E-state index in [1.54, 1.807) is 0 Å². The van der Waals surface area contributed by atoms with Gasteiger partial charge in [0.15, 0.2) is 5.60 Å². The molecule has 2 aromatic carbocycles. The smallest absolute Gasteiger partial charge is 0.222 e. The molecule has 4 rings (SSSR count). The van der Waals surface area contributed by atoms with E-state index in [1.165, 1.54) is 5.56 Å². The Kier molecular flexibility index (Phi) is 4.28. The standard InChI is InChI=1S/C21H20BrNO/c22-19-14-6-1-2-9-15-21(19)17-12-7-8-13-18(17)23-20(24-21)16-10-4-3-5-11-16/h1-5,7-8,10-13,19H,6,9,14-15H2/b2-1-/t19-,21+/m0/s1. The highest BCUT2D eigenvalue weighted by molar-refractivity contribution is 9.09. The summed E-state index contributed by atoms with van der Waals surface area (Å²) in [6.45, 7) is 0. The molecule has 1 heterocycles. The minimum atomic E-state index is -0.367. The SMILES string of the molecule is Br[C@H]1CC/C=C\CC[C@]12OC(c1ccccc1)=Nc1ccccc12. The quantitative estimate of drug-likeness (QED) is 0.446. The maximum Gasteiger partial charge on any atom is 0.222 e. The Morgan fingerprint density at radius 1 is 0.958 bits per heavy atom. The van der Waals surface area contributed by atoms with E-state index in [1.807, 2.05) is 18.2 Å². The van der Waals surface area contributed by atoms with Gasteiger partial charge in [0.1, 0.15) is 0 Å². The maximum absolute atomic E-state index is 6.64. The molecule has 1 spiro atoms. The molecule has 0 saturated heterocycles. The Labute approximate surface area is 151 Å². The van der Waals surface area contributed by atoms with Gasteiger partial charge in [0.25, 0.3) is 0 Å². The summed E-state index contributed by atoms with van der Waals surface area (Å²) >= 11 is 3.95. The van der Waals surface area contributed by atoms with Crippen LogP contribution in [0.5, 0.6) is 0 Å². The molecule has 0 saturated carbocycles. The van der Waals surface area contributed by atoms with Crippen molar-refractivity contribution in [1.82, 2.24) is 0 Å². The lowest BCUT2D eigenvalue weighted by molar-refractivity contribution is 0.0378. The van der Waals surface area contributed by atoms with Gasteiger partial charge in [0, 0.05) is 11.1 Å². The third kappa shape index (κ3) is 2.71. The number of para-hydroxylation sites is 1. The number of hydrogen-bond acceptors (Lipinski definition) is 2. The number of fused-ring (bicyclic) bond motifs is 2. The molecule has 0 N–H and O–H groups in total. The van der Waals surface area contributed by atoms with Crippen molar-refractivity contribution in [2.75, 3.05) is 0 Å². The Bertz CT molecular complexity index is 783. The molecule has 0 aromatic heterocycles. The minimum absolute atomic E-state index is 0.255. The van der Waals surface area contributed by atoms with Crippen molar-refractivity contribution >= 4 is 27.5 Å². The molecular weight excluding hydrogens is 362 g/mol. The summed E-state index contributed by atoms with van der Waals surface area (Å²) in [5.41, 5.74) is 2.89. The molecule has 122 valence electrons. The molecule has 0 radical (unpaired) electrons. The molecular formula is C21H20BrNO. The summed E-state index contributed by atoms with van der Waals surface area (Å²) in [5, 5.41) is 0. The van der Waals surface area contributed by atoms with Gasteiger partial charge in [-0.25, -0.2) is 4.99 Å². The Hall–Kier alpha value is -1.87. The van der Waals surface area contributed by atoms with E-state index in [2.05, 4.69) is 64.5 Å². The fourth-order valence-corrected chi connectivity index (χ4v) is 4.41. The molecule has 0 fully saturated rings. The first-order valence-electron chi connectivity index (χ1n) is 8.51. The Morgan fingerprint density at radius 2 is 1.71 bits per heavy atom. The van der Waals surface area contributed by atoms with Gasteiger partial charge in [-0.3, -0.25) is 0 Å². The molecule has 0 unspecified atom stereocenters. The molecule has 1 aliphatic heterocycles. The highest BCUT2D eigenvalue weighted by atomic mass is 79.9. The first-order chi connectivity index (χ1) is 11.8. The summed E-state index contributed by atoms with van der Waals surface area (Å²) in [6, 6.07) is 18.6. The molecule has 2 aliphatic rings. The van der Waals surface area contributed by atoms with Crippen LogP contribution in [0.4, 0.5) is 5.69 Å². The van der Waals surface area contributed by atoms with E-state index in [0.29, 0.717) is 0 Å². The predicted molar refractivity (Wildman–Crippen MR) is 102 cm³/mol. The number of hydrogen-bond donors (Lipinski definition) is 0. The molecule has 0 bridgehead atoms. The molecule has 0 amide bonds. The fourth-order valence-electron chi connectivity index (χ4n) is 3.58. The number of benzene rings is 2. The third-order valence-electron chi connectivity index (χ3n) is 4.82. The van der Waals surface area contributed by atoms with Crippen LogP contribution in [0.3, 0.4) is 0 Å². The number of rotatable bonds is 1. The summed E-state index contributed by atoms with van der Waals surface area (Å²) < 4.78 is 6.64. The summed E-state index contributed by atoms with van der Waals surface area (Å²) in [4.78, 5) is 5.06. The van der Waals surface area contributed by atoms with Crippen molar-refractivity contribution in [3.8, 4) is 0 Å². The number of alkyl halides is 1. The lowest BCUT2D eigenvalue weighted by atomic mass is 9.81. The van der Waals surface area contributed by atoms with Crippen LogP contribution in [-0.4, -0.2) is 10.7 Å². The van der Waals surface area contributed by atoms with Crippen LogP contribution < -0.4 is 0 Å². The average Bonchev–Trinajstić information content (AvgIpc) is 2.63. The second-order valence-electron chi connectivity index (χ2n) is 6.35. The number of allylic oxidation sites excluding steroid dienone is 2. The van der Waals surface area contributed by atoms with Crippen LogP contribution in [0.1, 0.15) is 36.8 Å². The van der Waals surface area contributed by atoms with Crippen LogP contribution >= 0.6 is 15.9 Å². The highest BCUT2D eigenvalue weighted by Gasteiger charge is 2.45. The van der Waals surface area contributed by atoms with Gasteiger partial charge < -0.3 is 4.74 Å². The topological polar surface area (TPSA) is 21.6 Å². The second-order valence-corrected chi connectivity index (χ2v) is 7.45. The number of nitrogens with zero attached hydrogens (tertiary/aromatic N) is 1. The van der Waals surface area contributed by atoms with Crippen molar-refractivity contribution < 1.29 is 4.74 Å². The van der Waals surface area contributed by atoms with Crippen LogP contribution in [0.2, 0.25) is 0 Å². The monoisotopic (exact) mass is 381 g/mol. The van der Waals surface area contributed by atoms with E-state index >= 15 is 0 Å². The molecule has 1 aliphatic carbocycles. The first kappa shape index (κ1) is 15.6. The van der Waals surface area contributed by atoms with Gasteiger partial charge in [-0.2, -0.15) is 0 Å². The minimum Gasteiger partial charge on any atom is -0.464 e. The zero-order valence-corrected chi connectivity index (χ0v) is 15.1. The molecule has 2 aromatic rings. The van der Waals surface area contributed by atoms with E-state index in [-0.39, 0.29) is 10.4 Å². The number of halogens is 1. The van der Waals surface area contributed by atoms with E-state index in [9.17, 15) is 0 Å². The number of ether oxygens (including phenoxy) is 1. The van der Waals surface area contributed by atoms with E-state index in [0.717, 1.165) is 42.8 Å². The molecule has 3 heteroatoms. The molecule has 24 heavy (non-hydrogen) atoms. The zero-order valence-electron chi connectivity index (χ0n) is 13.5. The highest BCUT2D eigenvalue weighted by Crippen LogP contribution is 2.48. The van der Waals surface area contributed by atoms with Crippen LogP contribution in [0, 0.1) is 0 Å². The van der Waals surface area contributed by atoms with Gasteiger partial charge >= 0.3 is 0 Å². The van der Waals surface area contributed by atoms with Gasteiger partial charge in [-0.15, -0.1) is 0 Å². The van der Waals surface area contributed by atoms with Crippen LogP contribution in [0.15, 0.2) is 71.7 Å². The second kappa shape index (κ2) is 6.56. The largest absolute Gasteiger partial charge is 0.464 e. The van der Waals surface area contributed by atoms with Crippen molar-refractivity contribution in [3.05, 3.63) is 77.9 Å². The molecule has 2 nitrogen and oxygen atoms in total. The Balaban J connectivity index is 1.86. The third-order valence-corrected chi connectivity index (χ3v) is 6.02. The van der Waals surface area contributed by atoms with Crippen LogP contribution in [-0.2, 0) is 10.3 Å². The molecule has 2 atom stereocenters. The maximum atomic E-state index is 6.64. The van der Waals surface area contributed by atoms with Gasteiger partial charge in [-0.1, -0.05) is 64.5 Å². The van der Waals surface area contributed by atoms with Crippen molar-refractivity contribution in [2.24, 2.45) is 4.99 Å². The van der Waals surface area contributed by atoms with Crippen LogP contribution in [0.25, 0.3) is 0 Å². The Morgan fingerprint density at radius 3 is 2.58 bits per heavy atom. The van der Waals surface area contributed by atoms with Gasteiger partial charge in [0.2, 0.25) is 5.90 Å². The van der Waals surface area contributed by atoms with Crippen molar-refractivity contribution in [3.63, 3.8) is 0 Å². The first-order valence-corrected chi connectivity index (χ1v) is 9.43. The predicted octanol–water partition coefficient (Wildman–Crippen LogP) is 5.88. The zero-order chi connectivity index (χ0) is 16.4. The lowest BCUT2D eigenvalue weighted by Gasteiger charge is -2.42. The van der Waals surface area contributed by atoms with Crippen molar-refractivity contribution in [1.29, 1.82) is 0 Å². The summed E-state index contributed by atoms with van der Waals surface area (Å²) in [6.07, 6.45) is 8.64. The van der Waals surface area contributed by atoms with E-state index in [4.69, 9.17) is 9.73 Å². The number of aliphatic imine (C=N–C) groups is 1. The van der Waals surface area contributed by atoms with E-state index < -0.39 is 0 Å². The van der Waals surface area contributed by atoms with Gasteiger partial charge in [0.05, 0.1) is 10.5 Å². The average molecular weight is 382 g/mol. The van der Waals surface area contributed by atoms with Gasteiger partial charge in [-0.05, 0) is 43.9 Å². The normalized spacial score (nSPS) is 27.4. The van der Waals surface area contributed by atoms with Crippen molar-refractivity contribution in [2.45, 2.75) is 36.1 Å².